The average Bonchev–Trinajstić information content (AvgIpc) is 2.87. The van der Waals surface area contributed by atoms with Crippen LogP contribution in [0.15, 0.2) is 48.6 Å². The smallest absolute Gasteiger partial charge is 0.338 e. The van der Waals surface area contributed by atoms with Crippen molar-refractivity contribution in [2.75, 3.05) is 7.11 Å². The maximum absolute atomic E-state index is 12.5. The van der Waals surface area contributed by atoms with Crippen molar-refractivity contribution < 1.29 is 59.2 Å². The highest BCUT2D eigenvalue weighted by Gasteiger charge is 2.52. The van der Waals surface area contributed by atoms with Gasteiger partial charge in [0, 0.05) is 25.0 Å². The van der Waals surface area contributed by atoms with E-state index in [0.29, 0.717) is 11.1 Å². The molecular formula is C26H26O12. The maximum atomic E-state index is 12.5. The van der Waals surface area contributed by atoms with Crippen LogP contribution in [0.4, 0.5) is 0 Å². The molecule has 1 saturated carbocycles. The van der Waals surface area contributed by atoms with Crippen molar-refractivity contribution >= 4 is 30.1 Å². The third-order valence-electron chi connectivity index (χ3n) is 5.74. The van der Waals surface area contributed by atoms with Crippen LogP contribution in [0.3, 0.4) is 0 Å². The molecule has 0 spiro atoms. The predicted octanol–water partition coefficient (Wildman–Crippen LogP) is 1.12. The molecule has 0 heterocycles. The second-order valence-electron chi connectivity index (χ2n) is 8.54. The molecule has 1 aliphatic carbocycles. The SMILES string of the molecule is COC(=O)[C@@]1(O)C[C@H](OC(=O)C=Cc2ccc(O)c(O)c2)[C@@H](OC(=O)C=Cc2ccc(O)c(O)c2)[C@@H](O)C1. The topological polar surface area (TPSA) is 200 Å². The number of phenolic OH excluding ortho intramolecular Hbond substituents is 4. The number of phenols is 4. The molecule has 12 heteroatoms. The Morgan fingerprint density at radius 3 is 1.79 bits per heavy atom. The largest absolute Gasteiger partial charge is 0.504 e. The molecule has 2 aromatic carbocycles. The Bertz CT molecular complexity index is 1270. The molecule has 0 saturated heterocycles. The molecule has 3 rings (SSSR count). The van der Waals surface area contributed by atoms with Gasteiger partial charge >= 0.3 is 17.9 Å². The lowest BCUT2D eigenvalue weighted by atomic mass is 9.79. The van der Waals surface area contributed by atoms with E-state index in [1.165, 1.54) is 48.6 Å². The number of methoxy groups -OCH3 is 1. The lowest BCUT2D eigenvalue weighted by Gasteiger charge is -2.41. The van der Waals surface area contributed by atoms with Crippen LogP contribution in [-0.4, -0.2) is 79.6 Å². The number of carbonyl (C=O) groups is 3. The molecule has 2 aromatic rings. The van der Waals surface area contributed by atoms with Crippen LogP contribution in [0.5, 0.6) is 23.0 Å². The lowest BCUT2D eigenvalue weighted by molar-refractivity contribution is -0.206. The van der Waals surface area contributed by atoms with Gasteiger partial charge in [-0.05, 0) is 47.5 Å². The van der Waals surface area contributed by atoms with Gasteiger partial charge in [-0.3, -0.25) is 0 Å². The fourth-order valence-corrected chi connectivity index (χ4v) is 3.84. The number of rotatable bonds is 7. The van der Waals surface area contributed by atoms with Gasteiger partial charge in [0.25, 0.3) is 0 Å². The summed E-state index contributed by atoms with van der Waals surface area (Å²) in [5.74, 6) is -4.57. The predicted molar refractivity (Wildman–Crippen MR) is 130 cm³/mol. The van der Waals surface area contributed by atoms with Gasteiger partial charge in [0.1, 0.15) is 6.10 Å². The Morgan fingerprint density at radius 2 is 1.32 bits per heavy atom. The number of benzene rings is 2. The summed E-state index contributed by atoms with van der Waals surface area (Å²) in [5, 5.41) is 59.2. The first kappa shape index (κ1) is 28.0. The maximum Gasteiger partial charge on any atom is 0.338 e. The standard InChI is InChI=1S/C26H26O12/c1-36-25(34)26(35)12-20(31)24(38-23(33)9-5-15-3-7-17(28)19(30)11-15)21(13-26)37-22(32)8-4-14-2-6-16(27)18(29)10-14/h2-11,20-21,24,27-31,35H,12-13H2,1H3/t20-,21-,24-,26-/m0/s1. The Morgan fingerprint density at radius 1 is 0.816 bits per heavy atom. The Labute approximate surface area is 216 Å². The minimum absolute atomic E-state index is 0.334. The van der Waals surface area contributed by atoms with Crippen molar-refractivity contribution in [3.8, 4) is 23.0 Å². The molecule has 0 bridgehead atoms. The van der Waals surface area contributed by atoms with Crippen molar-refractivity contribution in [1.82, 2.24) is 0 Å². The molecule has 38 heavy (non-hydrogen) atoms. The zero-order valence-corrected chi connectivity index (χ0v) is 20.1. The molecule has 202 valence electrons. The molecule has 0 amide bonds. The summed E-state index contributed by atoms with van der Waals surface area (Å²) in [7, 11) is 1.03. The highest BCUT2D eigenvalue weighted by atomic mass is 16.6. The number of ether oxygens (including phenoxy) is 3. The molecule has 0 radical (unpaired) electrons. The summed E-state index contributed by atoms with van der Waals surface area (Å²) in [5.41, 5.74) is -1.55. The third kappa shape index (κ3) is 6.81. The second kappa shape index (κ2) is 11.7. The van der Waals surface area contributed by atoms with Gasteiger partial charge in [-0.25, -0.2) is 14.4 Å². The van der Waals surface area contributed by atoms with E-state index in [1.54, 1.807) is 0 Å². The number of carbonyl (C=O) groups excluding carboxylic acids is 3. The molecule has 1 fully saturated rings. The van der Waals surface area contributed by atoms with Crippen molar-refractivity contribution in [3.63, 3.8) is 0 Å². The van der Waals surface area contributed by atoms with E-state index >= 15 is 0 Å². The quantitative estimate of drug-likeness (QED) is 0.129. The van der Waals surface area contributed by atoms with Gasteiger partial charge in [-0.2, -0.15) is 0 Å². The first-order chi connectivity index (χ1) is 17.9. The van der Waals surface area contributed by atoms with Crippen molar-refractivity contribution in [3.05, 3.63) is 59.7 Å². The molecule has 0 aromatic heterocycles. The lowest BCUT2D eigenvalue weighted by Crippen LogP contribution is -2.58. The average molecular weight is 530 g/mol. The van der Waals surface area contributed by atoms with Crippen molar-refractivity contribution in [1.29, 1.82) is 0 Å². The number of aromatic hydroxyl groups is 4. The molecule has 12 nitrogen and oxygen atoms in total. The van der Waals surface area contributed by atoms with Gasteiger partial charge in [0.2, 0.25) is 0 Å². The van der Waals surface area contributed by atoms with Crippen LogP contribution in [-0.2, 0) is 28.6 Å². The fraction of sp³-hybridized carbons (Fsp3) is 0.269. The summed E-state index contributed by atoms with van der Waals surface area (Å²) < 4.78 is 15.2. The minimum Gasteiger partial charge on any atom is -0.504 e. The number of aliphatic hydroxyl groups excluding tert-OH is 1. The number of esters is 3. The molecule has 4 atom stereocenters. The van der Waals surface area contributed by atoms with Crippen molar-refractivity contribution in [2.45, 2.75) is 36.8 Å². The van der Waals surface area contributed by atoms with E-state index in [4.69, 9.17) is 9.47 Å². The zero-order valence-electron chi connectivity index (χ0n) is 20.1. The van der Waals surface area contributed by atoms with Gasteiger partial charge in [-0.1, -0.05) is 12.1 Å². The third-order valence-corrected chi connectivity index (χ3v) is 5.74. The van der Waals surface area contributed by atoms with Crippen LogP contribution < -0.4 is 0 Å². The van der Waals surface area contributed by atoms with Gasteiger partial charge in [0.15, 0.2) is 34.7 Å². The van der Waals surface area contributed by atoms with Gasteiger partial charge in [0.05, 0.1) is 13.2 Å². The summed E-state index contributed by atoms with van der Waals surface area (Å²) in [6, 6.07) is 7.61. The number of hydrogen-bond donors (Lipinski definition) is 6. The number of aliphatic hydroxyl groups is 2. The van der Waals surface area contributed by atoms with E-state index in [-0.39, 0.29) is 11.5 Å². The summed E-state index contributed by atoms with van der Waals surface area (Å²) >= 11 is 0. The van der Waals surface area contributed by atoms with Crippen LogP contribution in [0.25, 0.3) is 12.2 Å². The van der Waals surface area contributed by atoms with Crippen LogP contribution in [0.1, 0.15) is 24.0 Å². The number of hydrogen-bond acceptors (Lipinski definition) is 12. The van der Waals surface area contributed by atoms with Crippen LogP contribution in [0, 0.1) is 0 Å². The highest BCUT2D eigenvalue weighted by Crippen LogP contribution is 2.34. The molecule has 1 aliphatic rings. The summed E-state index contributed by atoms with van der Waals surface area (Å²) in [6.45, 7) is 0. The Hall–Kier alpha value is -4.55. The monoisotopic (exact) mass is 530 g/mol. The van der Waals surface area contributed by atoms with Crippen LogP contribution >= 0.6 is 0 Å². The Balaban J connectivity index is 1.77. The first-order valence-electron chi connectivity index (χ1n) is 11.2. The minimum atomic E-state index is -2.23. The molecule has 6 N–H and O–H groups in total. The van der Waals surface area contributed by atoms with E-state index in [9.17, 15) is 45.0 Å². The van der Waals surface area contributed by atoms with E-state index in [2.05, 4.69) is 4.74 Å². The zero-order chi connectivity index (χ0) is 28.0. The van der Waals surface area contributed by atoms with Gasteiger partial charge in [-0.15, -0.1) is 0 Å². The Kier molecular flexibility index (Phi) is 8.61. The van der Waals surface area contributed by atoms with E-state index in [0.717, 1.165) is 19.3 Å². The van der Waals surface area contributed by atoms with Crippen molar-refractivity contribution in [2.24, 2.45) is 0 Å². The highest BCUT2D eigenvalue weighted by molar-refractivity contribution is 5.88. The molecular weight excluding hydrogens is 504 g/mol. The molecule has 0 aliphatic heterocycles. The second-order valence-corrected chi connectivity index (χ2v) is 8.54. The molecule has 0 unspecified atom stereocenters. The fourth-order valence-electron chi connectivity index (χ4n) is 3.84. The summed E-state index contributed by atoms with van der Waals surface area (Å²) in [6.07, 6.45) is -1.24. The van der Waals surface area contributed by atoms with Crippen LogP contribution in [0.2, 0.25) is 0 Å². The van der Waals surface area contributed by atoms with E-state index < -0.39 is 66.2 Å². The summed E-state index contributed by atoms with van der Waals surface area (Å²) in [4.78, 5) is 37.1. The van der Waals surface area contributed by atoms with Gasteiger partial charge < -0.3 is 44.8 Å². The normalized spacial score (nSPS) is 23.3. The first-order valence-corrected chi connectivity index (χ1v) is 11.2. The van der Waals surface area contributed by atoms with E-state index in [1.807, 2.05) is 0 Å².